The Kier molecular flexibility index (Phi) is 7.41. The maximum Gasteiger partial charge on any atom is 1.00 e. The van der Waals surface area contributed by atoms with E-state index in [4.69, 9.17) is 21.1 Å². The summed E-state index contributed by atoms with van der Waals surface area (Å²) in [5, 5.41) is 4.81. The molecule has 1 atom stereocenters. The van der Waals surface area contributed by atoms with Gasteiger partial charge in [-0.3, -0.25) is 9.98 Å². The van der Waals surface area contributed by atoms with Crippen LogP contribution in [-0.2, 0) is 26.2 Å². The molecule has 8 nitrogen and oxygen atoms in total. The van der Waals surface area contributed by atoms with Gasteiger partial charge < -0.3 is 19.7 Å². The summed E-state index contributed by atoms with van der Waals surface area (Å²) in [6.07, 6.45) is 5.15. The topological polar surface area (TPSA) is 81.4 Å². The van der Waals surface area contributed by atoms with Crippen LogP contribution in [0.4, 0.5) is 5.69 Å². The average molecular weight is 432 g/mol. The van der Waals surface area contributed by atoms with Gasteiger partial charge in [-0.25, -0.2) is 8.51 Å². The van der Waals surface area contributed by atoms with E-state index < -0.39 is 11.0 Å². The molecule has 0 aromatic carbocycles. The number of hydrogen-bond acceptors (Lipinski definition) is 6. The fraction of sp³-hybridized carbons (Fsp3) is 0.412. The van der Waals surface area contributed by atoms with Crippen molar-refractivity contribution in [3.8, 4) is 0 Å². The van der Waals surface area contributed by atoms with Gasteiger partial charge >= 0.3 is 29.6 Å². The molecule has 3 aliphatic rings. The molecule has 1 aromatic rings. The molecule has 1 aromatic heterocycles. The summed E-state index contributed by atoms with van der Waals surface area (Å²) in [5.41, 5.74) is 2.14. The molecule has 0 aliphatic carbocycles. The number of morpholine rings is 1. The van der Waals surface area contributed by atoms with Crippen LogP contribution in [0.15, 0.2) is 41.0 Å². The quantitative estimate of drug-likeness (QED) is 0.568. The Morgan fingerprint density at radius 2 is 2.18 bits per heavy atom. The van der Waals surface area contributed by atoms with E-state index in [0.717, 1.165) is 18.8 Å². The number of anilines is 1. The molecule has 0 amide bonds. The van der Waals surface area contributed by atoms with Crippen LogP contribution in [0.25, 0.3) is 5.32 Å². The van der Waals surface area contributed by atoms with E-state index in [0.29, 0.717) is 47.9 Å². The van der Waals surface area contributed by atoms with E-state index in [9.17, 15) is 4.21 Å². The Morgan fingerprint density at radius 1 is 1.39 bits per heavy atom. The summed E-state index contributed by atoms with van der Waals surface area (Å²) in [4.78, 5) is 10.8. The fourth-order valence-electron chi connectivity index (χ4n) is 3.05. The number of pyridine rings is 1. The van der Waals surface area contributed by atoms with Crippen molar-refractivity contribution in [1.82, 2.24) is 9.29 Å². The van der Waals surface area contributed by atoms with Crippen LogP contribution in [0, 0.1) is 0 Å². The van der Waals surface area contributed by atoms with Crippen LogP contribution < -0.4 is 34.5 Å². The first kappa shape index (κ1) is 21.6. The summed E-state index contributed by atoms with van der Waals surface area (Å²) in [6.45, 7) is 3.19. The molecule has 11 heteroatoms. The number of halogens is 1. The van der Waals surface area contributed by atoms with Gasteiger partial charge in [0.1, 0.15) is 22.6 Å². The number of hydrogen-bond donors (Lipinski definition) is 0. The van der Waals surface area contributed by atoms with E-state index >= 15 is 0 Å². The van der Waals surface area contributed by atoms with E-state index in [1.165, 1.54) is 0 Å². The zero-order valence-corrected chi connectivity index (χ0v) is 19.4. The van der Waals surface area contributed by atoms with Crippen molar-refractivity contribution in [1.29, 1.82) is 0 Å². The Hall–Kier alpha value is -1.10. The van der Waals surface area contributed by atoms with Crippen molar-refractivity contribution in [2.75, 3.05) is 45.0 Å². The number of allylic oxidation sites excluding steroid dienone is 1. The van der Waals surface area contributed by atoms with Crippen LogP contribution in [0.5, 0.6) is 0 Å². The van der Waals surface area contributed by atoms with E-state index in [-0.39, 0.29) is 35.3 Å². The van der Waals surface area contributed by atoms with Crippen LogP contribution in [-0.4, -0.2) is 59.4 Å². The standard InChI is InChI=1S/C17H19ClN5O3S.Na/c1-25-12-8-13-17(21-11-20-13)23(9-12)27(24)10-14-16(18)15(2-3-19-14)22-4-6-26-7-5-22;/h2-3,8-9H,4-7,10-11H2,1H3;/q-1;+1/t27-;/m0./s1. The first-order chi connectivity index (χ1) is 13.2. The smallest absolute Gasteiger partial charge is 0.663 e. The molecule has 4 rings (SSSR count). The number of rotatable bonds is 5. The number of aliphatic imine (C=N–C) groups is 1. The minimum absolute atomic E-state index is 0. The number of aromatic nitrogens is 1. The van der Waals surface area contributed by atoms with Crippen molar-refractivity contribution >= 4 is 34.1 Å². The van der Waals surface area contributed by atoms with Crippen molar-refractivity contribution in [3.63, 3.8) is 0 Å². The predicted octanol–water partition coefficient (Wildman–Crippen LogP) is -0.830. The van der Waals surface area contributed by atoms with Crippen LogP contribution >= 0.6 is 11.6 Å². The van der Waals surface area contributed by atoms with Gasteiger partial charge in [-0.05, 0) is 18.8 Å². The van der Waals surface area contributed by atoms with E-state index in [2.05, 4.69) is 20.2 Å². The summed E-state index contributed by atoms with van der Waals surface area (Å²) in [7, 11) is 0.102. The first-order valence-electron chi connectivity index (χ1n) is 8.51. The molecule has 0 unspecified atom stereocenters. The Morgan fingerprint density at radius 3 is 2.93 bits per heavy atom. The van der Waals surface area contributed by atoms with Crippen LogP contribution in [0.1, 0.15) is 5.69 Å². The van der Waals surface area contributed by atoms with Crippen molar-refractivity contribution < 1.29 is 43.2 Å². The van der Waals surface area contributed by atoms with Crippen LogP contribution in [0.3, 0.4) is 0 Å². The Bertz CT molecular complexity index is 857. The van der Waals surface area contributed by atoms with Gasteiger partial charge in [0, 0.05) is 19.3 Å². The third-order valence-electron chi connectivity index (χ3n) is 4.43. The largest absolute Gasteiger partial charge is 1.00 e. The van der Waals surface area contributed by atoms with Gasteiger partial charge in [-0.1, -0.05) is 17.3 Å². The second-order valence-electron chi connectivity index (χ2n) is 6.03. The molecule has 0 N–H and O–H groups in total. The van der Waals surface area contributed by atoms with Crippen LogP contribution in [0.2, 0.25) is 5.02 Å². The van der Waals surface area contributed by atoms with Gasteiger partial charge in [0.25, 0.3) is 0 Å². The Balaban J connectivity index is 0.00000225. The minimum Gasteiger partial charge on any atom is -0.663 e. The monoisotopic (exact) mass is 431 g/mol. The molecule has 0 bridgehead atoms. The van der Waals surface area contributed by atoms with Gasteiger partial charge in [0.05, 0.1) is 48.7 Å². The molecular weight excluding hydrogens is 413 g/mol. The molecule has 3 aliphatic heterocycles. The zero-order chi connectivity index (χ0) is 18.8. The molecule has 0 saturated carbocycles. The SMILES string of the molecule is COC1=CN([S@@](=O)Cc2nccc(N3CCOCC3)c2Cl)C2=NC[N-]C2=C1.[Na+]. The third-order valence-corrected chi connectivity index (χ3v) is 6.08. The van der Waals surface area contributed by atoms with Gasteiger partial charge in [-0.15, -0.1) is 0 Å². The number of nitrogens with zero attached hydrogens (tertiary/aromatic N) is 5. The molecular formula is C17H19ClN5NaO3S. The molecule has 1 saturated heterocycles. The Labute approximate surface area is 193 Å². The zero-order valence-electron chi connectivity index (χ0n) is 15.8. The molecule has 144 valence electrons. The summed E-state index contributed by atoms with van der Waals surface area (Å²) >= 11 is 6.59. The normalized spacial score (nSPS) is 19.6. The summed E-state index contributed by atoms with van der Waals surface area (Å²) in [6, 6.07) is 1.88. The maximum atomic E-state index is 13.1. The third kappa shape index (κ3) is 4.39. The second-order valence-corrected chi connectivity index (χ2v) is 7.73. The minimum atomic E-state index is -1.46. The number of methoxy groups -OCH3 is 1. The molecule has 0 spiro atoms. The summed E-state index contributed by atoms with van der Waals surface area (Å²) in [5.74, 6) is 1.32. The number of amidine groups is 1. The molecule has 1 fully saturated rings. The molecule has 4 heterocycles. The maximum absolute atomic E-state index is 13.1. The number of fused-ring (bicyclic) bond motifs is 1. The first-order valence-corrected chi connectivity index (χ1v) is 10.2. The molecule has 28 heavy (non-hydrogen) atoms. The summed E-state index contributed by atoms with van der Waals surface area (Å²) < 4.78 is 25.3. The van der Waals surface area contributed by atoms with E-state index in [1.54, 1.807) is 29.9 Å². The number of ether oxygens (including phenoxy) is 2. The van der Waals surface area contributed by atoms with Crippen molar-refractivity contribution in [3.05, 3.63) is 52.0 Å². The fourth-order valence-corrected chi connectivity index (χ4v) is 4.58. The van der Waals surface area contributed by atoms with Crippen molar-refractivity contribution in [2.45, 2.75) is 5.75 Å². The van der Waals surface area contributed by atoms with Gasteiger partial charge in [0.15, 0.2) is 0 Å². The van der Waals surface area contributed by atoms with Crippen molar-refractivity contribution in [2.24, 2.45) is 4.99 Å². The van der Waals surface area contributed by atoms with Gasteiger partial charge in [-0.2, -0.15) is 0 Å². The van der Waals surface area contributed by atoms with Gasteiger partial charge in [0.2, 0.25) is 0 Å². The predicted molar refractivity (Wildman–Crippen MR) is 105 cm³/mol. The van der Waals surface area contributed by atoms with E-state index in [1.807, 2.05) is 6.07 Å². The average Bonchev–Trinajstić information content (AvgIpc) is 3.18. The second kappa shape index (κ2) is 9.60. The molecule has 0 radical (unpaired) electrons.